The van der Waals surface area contributed by atoms with Crippen LogP contribution in [0.3, 0.4) is 0 Å². The summed E-state index contributed by atoms with van der Waals surface area (Å²) in [5, 5.41) is 3.55. The first-order valence-electron chi connectivity index (χ1n) is 7.11. The number of nitrogens with one attached hydrogen (secondary N) is 1. The van der Waals surface area contributed by atoms with Crippen molar-refractivity contribution < 1.29 is 4.74 Å². The lowest BCUT2D eigenvalue weighted by Gasteiger charge is -2.34. The van der Waals surface area contributed by atoms with Crippen molar-refractivity contribution in [1.29, 1.82) is 0 Å². The lowest BCUT2D eigenvalue weighted by Crippen LogP contribution is -2.41. The van der Waals surface area contributed by atoms with Gasteiger partial charge in [0.1, 0.15) is 0 Å². The minimum Gasteiger partial charge on any atom is -0.385 e. The van der Waals surface area contributed by atoms with Crippen molar-refractivity contribution in [3.8, 4) is 0 Å². The Morgan fingerprint density at radius 2 is 2.00 bits per heavy atom. The molecule has 1 aliphatic rings. The van der Waals surface area contributed by atoms with Gasteiger partial charge in [0.2, 0.25) is 0 Å². The van der Waals surface area contributed by atoms with Gasteiger partial charge in [-0.15, -0.1) is 0 Å². The number of hydrogen-bond donors (Lipinski definition) is 1. The van der Waals surface area contributed by atoms with E-state index in [4.69, 9.17) is 4.74 Å². The Morgan fingerprint density at radius 1 is 1.29 bits per heavy atom. The molecule has 0 heterocycles. The van der Waals surface area contributed by atoms with Gasteiger partial charge in [0.25, 0.3) is 0 Å². The van der Waals surface area contributed by atoms with Crippen molar-refractivity contribution in [3.63, 3.8) is 0 Å². The molecule has 0 aromatic heterocycles. The Kier molecular flexibility index (Phi) is 7.09. The first kappa shape index (κ1) is 14.9. The second-order valence-electron chi connectivity index (χ2n) is 5.57. The SMILES string of the molecule is CCNCC1(CN(C)CCCOC)CCCC1. The van der Waals surface area contributed by atoms with Gasteiger partial charge in [-0.3, -0.25) is 0 Å². The zero-order valence-electron chi connectivity index (χ0n) is 11.9. The number of methoxy groups -OCH3 is 1. The summed E-state index contributed by atoms with van der Waals surface area (Å²) < 4.78 is 5.11. The van der Waals surface area contributed by atoms with Crippen molar-refractivity contribution in [2.45, 2.75) is 39.0 Å². The minimum absolute atomic E-state index is 0.540. The molecular weight excluding hydrogens is 212 g/mol. The molecule has 0 spiro atoms. The van der Waals surface area contributed by atoms with Crippen LogP contribution in [0, 0.1) is 5.41 Å². The fourth-order valence-electron chi connectivity index (χ4n) is 3.04. The topological polar surface area (TPSA) is 24.5 Å². The summed E-state index contributed by atoms with van der Waals surface area (Å²) in [5.41, 5.74) is 0.540. The Balaban J connectivity index is 2.32. The molecule has 3 heteroatoms. The van der Waals surface area contributed by atoms with Crippen molar-refractivity contribution >= 4 is 0 Å². The first-order chi connectivity index (χ1) is 8.22. The Bertz CT molecular complexity index is 191. The molecule has 17 heavy (non-hydrogen) atoms. The van der Waals surface area contributed by atoms with E-state index in [1.54, 1.807) is 7.11 Å². The van der Waals surface area contributed by atoms with Crippen molar-refractivity contribution in [2.75, 3.05) is 46.9 Å². The van der Waals surface area contributed by atoms with E-state index in [2.05, 4.69) is 24.2 Å². The Labute approximate surface area is 107 Å². The van der Waals surface area contributed by atoms with Crippen LogP contribution in [0.15, 0.2) is 0 Å². The van der Waals surface area contributed by atoms with Gasteiger partial charge in [0, 0.05) is 33.4 Å². The minimum atomic E-state index is 0.540. The molecule has 0 unspecified atom stereocenters. The molecule has 0 aliphatic heterocycles. The van der Waals surface area contributed by atoms with Crippen LogP contribution in [0.4, 0.5) is 0 Å². The van der Waals surface area contributed by atoms with E-state index in [9.17, 15) is 0 Å². The average molecular weight is 242 g/mol. The third-order valence-corrected chi connectivity index (χ3v) is 3.91. The van der Waals surface area contributed by atoms with Crippen LogP contribution >= 0.6 is 0 Å². The van der Waals surface area contributed by atoms with E-state index in [0.717, 1.165) is 26.1 Å². The fraction of sp³-hybridized carbons (Fsp3) is 1.00. The van der Waals surface area contributed by atoms with Crippen LogP contribution in [0.1, 0.15) is 39.0 Å². The maximum atomic E-state index is 5.11. The lowest BCUT2D eigenvalue weighted by atomic mass is 9.85. The first-order valence-corrected chi connectivity index (χ1v) is 7.11. The molecule has 1 fully saturated rings. The highest BCUT2D eigenvalue weighted by molar-refractivity contribution is 4.88. The van der Waals surface area contributed by atoms with Gasteiger partial charge in [-0.2, -0.15) is 0 Å². The molecule has 0 atom stereocenters. The normalized spacial score (nSPS) is 19.1. The van der Waals surface area contributed by atoms with Crippen molar-refractivity contribution in [3.05, 3.63) is 0 Å². The lowest BCUT2D eigenvalue weighted by molar-refractivity contribution is 0.146. The predicted octanol–water partition coefficient (Wildman–Crippen LogP) is 2.12. The van der Waals surface area contributed by atoms with E-state index in [0.29, 0.717) is 5.41 Å². The van der Waals surface area contributed by atoms with Crippen LogP contribution in [0.25, 0.3) is 0 Å². The largest absolute Gasteiger partial charge is 0.385 e. The van der Waals surface area contributed by atoms with E-state index < -0.39 is 0 Å². The number of ether oxygens (including phenoxy) is 1. The molecule has 0 aromatic carbocycles. The quantitative estimate of drug-likeness (QED) is 0.627. The van der Waals surface area contributed by atoms with Gasteiger partial charge in [-0.25, -0.2) is 0 Å². The van der Waals surface area contributed by atoms with Gasteiger partial charge >= 0.3 is 0 Å². The van der Waals surface area contributed by atoms with Gasteiger partial charge in [-0.05, 0) is 38.3 Å². The molecule has 102 valence electrons. The molecule has 1 rings (SSSR count). The Hall–Kier alpha value is -0.120. The van der Waals surface area contributed by atoms with Crippen LogP contribution in [-0.4, -0.2) is 51.8 Å². The smallest absolute Gasteiger partial charge is 0.0474 e. The van der Waals surface area contributed by atoms with Gasteiger partial charge < -0.3 is 15.0 Å². The second kappa shape index (κ2) is 8.06. The predicted molar refractivity (Wildman–Crippen MR) is 73.4 cm³/mol. The summed E-state index contributed by atoms with van der Waals surface area (Å²) in [6, 6.07) is 0. The van der Waals surface area contributed by atoms with Gasteiger partial charge in [-0.1, -0.05) is 19.8 Å². The number of hydrogen-bond acceptors (Lipinski definition) is 3. The third kappa shape index (κ3) is 5.36. The van der Waals surface area contributed by atoms with Crippen LogP contribution in [-0.2, 0) is 4.74 Å². The van der Waals surface area contributed by atoms with E-state index in [-0.39, 0.29) is 0 Å². The summed E-state index contributed by atoms with van der Waals surface area (Å²) in [7, 11) is 4.03. The molecule has 0 aromatic rings. The highest BCUT2D eigenvalue weighted by atomic mass is 16.5. The van der Waals surface area contributed by atoms with E-state index in [1.807, 2.05) is 0 Å². The van der Waals surface area contributed by atoms with Gasteiger partial charge in [0.15, 0.2) is 0 Å². The molecule has 1 aliphatic carbocycles. The highest BCUT2D eigenvalue weighted by Crippen LogP contribution is 2.38. The molecule has 0 amide bonds. The van der Waals surface area contributed by atoms with Crippen molar-refractivity contribution in [1.82, 2.24) is 10.2 Å². The summed E-state index contributed by atoms with van der Waals surface area (Å²) >= 11 is 0. The average Bonchev–Trinajstić information content (AvgIpc) is 2.76. The van der Waals surface area contributed by atoms with Crippen LogP contribution < -0.4 is 5.32 Å². The highest BCUT2D eigenvalue weighted by Gasteiger charge is 2.34. The van der Waals surface area contributed by atoms with E-state index in [1.165, 1.54) is 38.8 Å². The van der Waals surface area contributed by atoms with Gasteiger partial charge in [0.05, 0.1) is 0 Å². The zero-order valence-corrected chi connectivity index (χ0v) is 11.9. The molecular formula is C14H30N2O. The molecule has 1 N–H and O–H groups in total. The number of rotatable bonds is 9. The van der Waals surface area contributed by atoms with Crippen LogP contribution in [0.5, 0.6) is 0 Å². The van der Waals surface area contributed by atoms with Crippen molar-refractivity contribution in [2.24, 2.45) is 5.41 Å². The second-order valence-corrected chi connectivity index (χ2v) is 5.57. The number of nitrogens with zero attached hydrogens (tertiary/aromatic N) is 1. The zero-order chi connectivity index (χ0) is 12.6. The van der Waals surface area contributed by atoms with E-state index >= 15 is 0 Å². The molecule has 0 bridgehead atoms. The molecule has 1 saturated carbocycles. The summed E-state index contributed by atoms with van der Waals surface area (Å²) in [6.45, 7) is 7.76. The summed E-state index contributed by atoms with van der Waals surface area (Å²) in [4.78, 5) is 2.49. The molecule has 0 saturated heterocycles. The maximum Gasteiger partial charge on any atom is 0.0474 e. The van der Waals surface area contributed by atoms with Crippen LogP contribution in [0.2, 0.25) is 0 Å². The molecule has 0 radical (unpaired) electrons. The fourth-order valence-corrected chi connectivity index (χ4v) is 3.04. The maximum absolute atomic E-state index is 5.11. The summed E-state index contributed by atoms with van der Waals surface area (Å²) in [6.07, 6.45) is 6.77. The summed E-state index contributed by atoms with van der Waals surface area (Å²) in [5.74, 6) is 0. The molecule has 3 nitrogen and oxygen atoms in total. The third-order valence-electron chi connectivity index (χ3n) is 3.91. The monoisotopic (exact) mass is 242 g/mol. The standard InChI is InChI=1S/C14H30N2O/c1-4-15-12-14(8-5-6-9-14)13-16(2)10-7-11-17-3/h15H,4-13H2,1-3H3. The Morgan fingerprint density at radius 3 is 2.59 bits per heavy atom.